The lowest BCUT2D eigenvalue weighted by Gasteiger charge is -2.61. The smallest absolute Gasteiger partial charge is 0.0577 e. The van der Waals surface area contributed by atoms with Crippen molar-refractivity contribution >= 4 is 0 Å². The number of fused-ring (bicyclic) bond motifs is 5. The van der Waals surface area contributed by atoms with Crippen LogP contribution in [0.25, 0.3) is 0 Å². The maximum absolute atomic E-state index is 10.9. The van der Waals surface area contributed by atoms with Gasteiger partial charge in [0.1, 0.15) is 0 Å². The number of hydrogen-bond donors (Lipinski definition) is 2. The molecule has 0 aliphatic heterocycles. The van der Waals surface area contributed by atoms with Crippen LogP contribution in [-0.2, 0) is 0 Å². The molecule has 0 aromatic rings. The van der Waals surface area contributed by atoms with Gasteiger partial charge in [-0.3, -0.25) is 0 Å². The van der Waals surface area contributed by atoms with Gasteiger partial charge >= 0.3 is 0 Å². The zero-order valence-electron chi connectivity index (χ0n) is 13.7. The van der Waals surface area contributed by atoms with Crippen molar-refractivity contribution in [3.63, 3.8) is 0 Å². The first kappa shape index (κ1) is 14.5. The van der Waals surface area contributed by atoms with Crippen molar-refractivity contribution in [2.45, 2.75) is 83.8 Å². The molecule has 4 fully saturated rings. The molecule has 2 nitrogen and oxygen atoms in total. The first-order valence-electron chi connectivity index (χ1n) is 9.30. The molecule has 0 aromatic carbocycles. The van der Waals surface area contributed by atoms with Gasteiger partial charge in [0.05, 0.1) is 12.2 Å². The van der Waals surface area contributed by atoms with Gasteiger partial charge in [0.25, 0.3) is 0 Å². The molecule has 4 aliphatic rings. The minimum absolute atomic E-state index is 0.110. The maximum atomic E-state index is 10.9. The summed E-state index contributed by atoms with van der Waals surface area (Å²) in [5.41, 5.74) is 0.895. The molecule has 2 N–H and O–H groups in total. The van der Waals surface area contributed by atoms with Crippen molar-refractivity contribution in [1.29, 1.82) is 0 Å². The topological polar surface area (TPSA) is 40.5 Å². The third kappa shape index (κ3) is 1.97. The largest absolute Gasteiger partial charge is 0.393 e. The van der Waals surface area contributed by atoms with E-state index in [1.165, 1.54) is 38.5 Å². The Morgan fingerprint density at radius 3 is 2.48 bits per heavy atom. The molecular formula is C19H32O2. The van der Waals surface area contributed by atoms with E-state index in [0.717, 1.165) is 25.2 Å². The third-order valence-electron chi connectivity index (χ3n) is 8.44. The molecule has 0 saturated heterocycles. The maximum Gasteiger partial charge on any atom is 0.0577 e. The van der Waals surface area contributed by atoms with Gasteiger partial charge < -0.3 is 10.2 Å². The quantitative estimate of drug-likeness (QED) is 0.714. The molecule has 0 unspecified atom stereocenters. The first-order valence-corrected chi connectivity index (χ1v) is 9.30. The lowest BCUT2D eigenvalue weighted by atomic mass is 9.44. The second kappa shape index (κ2) is 4.71. The predicted molar refractivity (Wildman–Crippen MR) is 83.7 cm³/mol. The molecule has 0 bridgehead atoms. The van der Waals surface area contributed by atoms with Gasteiger partial charge in [-0.25, -0.2) is 0 Å². The van der Waals surface area contributed by atoms with Crippen molar-refractivity contribution < 1.29 is 10.2 Å². The van der Waals surface area contributed by atoms with E-state index in [4.69, 9.17) is 0 Å². The fraction of sp³-hybridized carbons (Fsp3) is 1.00. The highest BCUT2D eigenvalue weighted by Crippen LogP contribution is 2.66. The Labute approximate surface area is 129 Å². The van der Waals surface area contributed by atoms with Crippen LogP contribution in [0.4, 0.5) is 0 Å². The number of hydrogen-bond acceptors (Lipinski definition) is 2. The summed E-state index contributed by atoms with van der Waals surface area (Å²) < 4.78 is 0. The summed E-state index contributed by atoms with van der Waals surface area (Å²) in [4.78, 5) is 0. The van der Waals surface area contributed by atoms with Crippen LogP contribution in [0.5, 0.6) is 0 Å². The van der Waals surface area contributed by atoms with Crippen LogP contribution in [-0.4, -0.2) is 22.4 Å². The van der Waals surface area contributed by atoms with Crippen LogP contribution in [0.2, 0.25) is 0 Å². The summed E-state index contributed by atoms with van der Waals surface area (Å²) in [6.07, 6.45) is 10.6. The Morgan fingerprint density at radius 2 is 1.67 bits per heavy atom. The molecule has 21 heavy (non-hydrogen) atoms. The molecule has 4 rings (SSSR count). The minimum Gasteiger partial charge on any atom is -0.393 e. The van der Waals surface area contributed by atoms with Crippen LogP contribution in [0.15, 0.2) is 0 Å². The summed E-state index contributed by atoms with van der Waals surface area (Å²) in [7, 11) is 0. The molecule has 4 saturated carbocycles. The highest BCUT2D eigenvalue weighted by molar-refractivity contribution is 5.09. The average Bonchev–Trinajstić information content (AvgIpc) is 2.82. The highest BCUT2D eigenvalue weighted by Gasteiger charge is 2.60. The fourth-order valence-corrected chi connectivity index (χ4v) is 7.19. The van der Waals surface area contributed by atoms with Crippen LogP contribution in [0, 0.1) is 34.5 Å². The van der Waals surface area contributed by atoms with Gasteiger partial charge in [0.2, 0.25) is 0 Å². The fourth-order valence-electron chi connectivity index (χ4n) is 7.19. The van der Waals surface area contributed by atoms with Crippen molar-refractivity contribution in [3.05, 3.63) is 0 Å². The Bertz CT molecular complexity index is 422. The van der Waals surface area contributed by atoms with E-state index >= 15 is 0 Å². The van der Waals surface area contributed by atoms with Gasteiger partial charge in [-0.15, -0.1) is 0 Å². The zero-order valence-corrected chi connectivity index (χ0v) is 13.7. The van der Waals surface area contributed by atoms with Crippen molar-refractivity contribution in [1.82, 2.24) is 0 Å². The van der Waals surface area contributed by atoms with E-state index in [2.05, 4.69) is 13.8 Å². The van der Waals surface area contributed by atoms with Gasteiger partial charge in [0.15, 0.2) is 0 Å². The predicted octanol–water partition coefficient (Wildman–Crippen LogP) is 3.75. The van der Waals surface area contributed by atoms with Crippen LogP contribution >= 0.6 is 0 Å². The molecule has 0 amide bonds. The minimum atomic E-state index is -0.118. The monoisotopic (exact) mass is 292 g/mol. The summed E-state index contributed by atoms with van der Waals surface area (Å²) in [5, 5.41) is 21.0. The molecule has 4 aliphatic carbocycles. The Balaban J connectivity index is 1.67. The van der Waals surface area contributed by atoms with E-state index in [0.29, 0.717) is 28.6 Å². The summed E-state index contributed by atoms with van der Waals surface area (Å²) in [5.74, 6) is 2.55. The molecular weight excluding hydrogens is 260 g/mol. The SMILES string of the molecule is C[C@@]12CCC[C@H]1[C@@H]1[C@H](O)C[C@@H]3C[C@H](O)CC[C@]3(C)[C@H]1CC2. The Kier molecular flexibility index (Phi) is 3.25. The Hall–Kier alpha value is -0.0800. The van der Waals surface area contributed by atoms with Gasteiger partial charge in [0, 0.05) is 0 Å². The molecule has 0 aromatic heterocycles. The summed E-state index contributed by atoms with van der Waals surface area (Å²) in [6, 6.07) is 0. The van der Waals surface area contributed by atoms with Crippen LogP contribution < -0.4 is 0 Å². The second-order valence-electron chi connectivity index (χ2n) is 9.31. The molecule has 2 heteroatoms. The highest BCUT2D eigenvalue weighted by atomic mass is 16.3. The molecule has 0 heterocycles. The molecule has 8 atom stereocenters. The van der Waals surface area contributed by atoms with Crippen molar-refractivity contribution in [2.24, 2.45) is 34.5 Å². The van der Waals surface area contributed by atoms with E-state index in [1.54, 1.807) is 0 Å². The van der Waals surface area contributed by atoms with Gasteiger partial charge in [-0.1, -0.05) is 20.3 Å². The third-order valence-corrected chi connectivity index (χ3v) is 8.44. The molecule has 120 valence electrons. The van der Waals surface area contributed by atoms with Crippen molar-refractivity contribution in [2.75, 3.05) is 0 Å². The number of aliphatic hydroxyl groups is 2. The zero-order chi connectivity index (χ0) is 14.8. The van der Waals surface area contributed by atoms with E-state index in [-0.39, 0.29) is 12.2 Å². The number of rotatable bonds is 0. The number of aliphatic hydroxyl groups excluding tert-OH is 2. The average molecular weight is 292 g/mol. The van der Waals surface area contributed by atoms with E-state index < -0.39 is 0 Å². The molecule has 0 radical (unpaired) electrons. The van der Waals surface area contributed by atoms with Gasteiger partial charge in [-0.05, 0) is 85.9 Å². The van der Waals surface area contributed by atoms with Crippen LogP contribution in [0.1, 0.15) is 71.6 Å². The van der Waals surface area contributed by atoms with Crippen molar-refractivity contribution in [3.8, 4) is 0 Å². The lowest BCUT2D eigenvalue weighted by Crippen LogP contribution is -2.57. The summed E-state index contributed by atoms with van der Waals surface area (Å²) >= 11 is 0. The normalized spacial score (nSPS) is 60.0. The molecule has 0 spiro atoms. The summed E-state index contributed by atoms with van der Waals surface area (Å²) in [6.45, 7) is 4.98. The van der Waals surface area contributed by atoms with Gasteiger partial charge in [-0.2, -0.15) is 0 Å². The van der Waals surface area contributed by atoms with E-state index in [1.807, 2.05) is 0 Å². The van der Waals surface area contributed by atoms with E-state index in [9.17, 15) is 10.2 Å². The lowest BCUT2D eigenvalue weighted by molar-refractivity contribution is -0.168. The van der Waals surface area contributed by atoms with Crippen LogP contribution in [0.3, 0.4) is 0 Å². The standard InChI is InChI=1S/C19H32O2/c1-18-7-3-4-14(18)17-15(6-8-18)19(2)9-5-13(20)10-12(19)11-16(17)21/h12-17,20-21H,3-11H2,1-2H3/t12-,13+,14-,15-,16+,17-,18-,19-/m0/s1. The first-order chi connectivity index (χ1) is 9.94. The Morgan fingerprint density at radius 1 is 0.857 bits per heavy atom. The second-order valence-corrected chi connectivity index (χ2v) is 9.31.